The third-order valence-electron chi connectivity index (χ3n) is 3.28. The van der Waals surface area contributed by atoms with E-state index in [2.05, 4.69) is 26.3 Å². The number of anilines is 1. The van der Waals surface area contributed by atoms with Crippen LogP contribution in [0.15, 0.2) is 48.7 Å². The monoisotopic (exact) mass is 327 g/mol. The lowest BCUT2D eigenvalue weighted by Crippen LogP contribution is -2.37. The van der Waals surface area contributed by atoms with E-state index in [1.807, 2.05) is 30.3 Å². The molecule has 7 nitrogen and oxygen atoms in total. The molecule has 1 heterocycles. The molecule has 2 rings (SSSR count). The smallest absolute Gasteiger partial charge is 0.315 e. The highest BCUT2D eigenvalue weighted by molar-refractivity contribution is 5.93. The molecule has 126 valence electrons. The van der Waals surface area contributed by atoms with Crippen molar-refractivity contribution in [2.45, 2.75) is 6.54 Å². The van der Waals surface area contributed by atoms with Crippen molar-refractivity contribution in [1.82, 2.24) is 20.9 Å². The number of amides is 3. The lowest BCUT2D eigenvalue weighted by Gasteiger charge is -2.09. The molecule has 0 spiro atoms. The highest BCUT2D eigenvalue weighted by atomic mass is 16.2. The van der Waals surface area contributed by atoms with E-state index in [0.717, 1.165) is 11.4 Å². The molecule has 4 N–H and O–H groups in total. The number of aromatic nitrogens is 1. The van der Waals surface area contributed by atoms with Gasteiger partial charge in [-0.1, -0.05) is 18.2 Å². The average molecular weight is 327 g/mol. The summed E-state index contributed by atoms with van der Waals surface area (Å²) in [5, 5.41) is 11.2. The van der Waals surface area contributed by atoms with Crippen molar-refractivity contribution in [3.05, 3.63) is 59.8 Å². The van der Waals surface area contributed by atoms with E-state index in [9.17, 15) is 9.59 Å². The van der Waals surface area contributed by atoms with Gasteiger partial charge in [-0.05, 0) is 29.8 Å². The maximum atomic E-state index is 11.7. The Labute approximate surface area is 140 Å². The van der Waals surface area contributed by atoms with Crippen molar-refractivity contribution in [2.75, 3.05) is 25.5 Å². The fourth-order valence-electron chi connectivity index (χ4n) is 2.00. The summed E-state index contributed by atoms with van der Waals surface area (Å²) < 4.78 is 0. The lowest BCUT2D eigenvalue weighted by molar-refractivity contribution is 0.0963. The Kier molecular flexibility index (Phi) is 6.58. The van der Waals surface area contributed by atoms with Crippen LogP contribution >= 0.6 is 0 Å². The molecule has 3 amide bonds. The number of urea groups is 1. The molecule has 7 heteroatoms. The molecule has 0 aliphatic heterocycles. The van der Waals surface area contributed by atoms with Crippen molar-refractivity contribution in [3.8, 4) is 0 Å². The Hall–Kier alpha value is -3.09. The third-order valence-corrected chi connectivity index (χ3v) is 3.28. The van der Waals surface area contributed by atoms with Gasteiger partial charge in [0.2, 0.25) is 0 Å². The first kappa shape index (κ1) is 17.3. The minimum atomic E-state index is -0.242. The maximum Gasteiger partial charge on any atom is 0.315 e. The summed E-state index contributed by atoms with van der Waals surface area (Å²) in [6, 6.07) is 12.4. The molecule has 1 aromatic carbocycles. The second kappa shape index (κ2) is 9.14. The normalized spacial score (nSPS) is 9.88. The van der Waals surface area contributed by atoms with Crippen molar-refractivity contribution >= 4 is 17.8 Å². The highest BCUT2D eigenvalue weighted by Crippen LogP contribution is 2.04. The van der Waals surface area contributed by atoms with Crippen LogP contribution in [0.25, 0.3) is 0 Å². The standard InChI is InChI=1S/C17H21N5O2/c1-18-16(23)14-7-5-13(6-8-14)12-22-17(24)21-11-10-20-15-4-2-3-9-19-15/h2-9H,10-12H2,1H3,(H,18,23)(H,19,20)(H2,21,22,24). The van der Waals surface area contributed by atoms with Gasteiger partial charge in [-0.25, -0.2) is 9.78 Å². The fraction of sp³-hybridized carbons (Fsp3) is 0.235. The lowest BCUT2D eigenvalue weighted by atomic mass is 10.1. The third kappa shape index (κ3) is 5.60. The first-order chi connectivity index (χ1) is 11.7. The number of hydrogen-bond donors (Lipinski definition) is 4. The summed E-state index contributed by atoms with van der Waals surface area (Å²) in [4.78, 5) is 27.3. The number of nitrogens with one attached hydrogen (secondary N) is 4. The van der Waals surface area contributed by atoms with Crippen LogP contribution in [-0.4, -0.2) is 37.1 Å². The number of pyridine rings is 1. The summed E-state index contributed by atoms with van der Waals surface area (Å²) in [5.41, 5.74) is 1.51. The Balaban J connectivity index is 1.65. The summed E-state index contributed by atoms with van der Waals surface area (Å²) in [6.45, 7) is 1.47. The predicted molar refractivity (Wildman–Crippen MR) is 92.8 cm³/mol. The fourth-order valence-corrected chi connectivity index (χ4v) is 2.00. The topological polar surface area (TPSA) is 95.2 Å². The van der Waals surface area contributed by atoms with Crippen molar-refractivity contribution in [2.24, 2.45) is 0 Å². The van der Waals surface area contributed by atoms with Gasteiger partial charge in [0, 0.05) is 38.4 Å². The van der Waals surface area contributed by atoms with Crippen molar-refractivity contribution < 1.29 is 9.59 Å². The van der Waals surface area contributed by atoms with Gasteiger partial charge in [-0.2, -0.15) is 0 Å². The highest BCUT2D eigenvalue weighted by Gasteiger charge is 2.03. The Morgan fingerprint density at radius 2 is 1.79 bits per heavy atom. The van der Waals surface area contributed by atoms with Crippen molar-refractivity contribution in [1.29, 1.82) is 0 Å². The molecule has 0 saturated carbocycles. The van der Waals surface area contributed by atoms with E-state index >= 15 is 0 Å². The quantitative estimate of drug-likeness (QED) is 0.577. The number of carbonyl (C=O) groups excluding carboxylic acids is 2. The van der Waals surface area contributed by atoms with Crippen LogP contribution in [0.3, 0.4) is 0 Å². The van der Waals surface area contributed by atoms with Gasteiger partial charge in [0.15, 0.2) is 0 Å². The first-order valence-electron chi connectivity index (χ1n) is 7.66. The van der Waals surface area contributed by atoms with Gasteiger partial charge >= 0.3 is 6.03 Å². The van der Waals surface area contributed by atoms with Gasteiger partial charge in [-0.15, -0.1) is 0 Å². The van der Waals surface area contributed by atoms with Gasteiger partial charge in [-0.3, -0.25) is 4.79 Å². The molecule has 0 aliphatic rings. The molecule has 2 aromatic rings. The summed E-state index contributed by atoms with van der Waals surface area (Å²) in [6.07, 6.45) is 1.71. The number of hydrogen-bond acceptors (Lipinski definition) is 4. The molecule has 0 bridgehead atoms. The van der Waals surface area contributed by atoms with Crippen LogP contribution in [-0.2, 0) is 6.54 Å². The zero-order valence-electron chi connectivity index (χ0n) is 13.5. The summed E-state index contributed by atoms with van der Waals surface area (Å²) in [5.74, 6) is 0.642. The second-order valence-corrected chi connectivity index (χ2v) is 5.03. The van der Waals surface area contributed by atoms with E-state index in [-0.39, 0.29) is 11.9 Å². The number of rotatable bonds is 7. The minimum absolute atomic E-state index is 0.132. The van der Waals surface area contributed by atoms with Crippen LogP contribution < -0.4 is 21.3 Å². The van der Waals surface area contributed by atoms with Gasteiger partial charge in [0.05, 0.1) is 0 Å². The number of carbonyl (C=O) groups is 2. The number of benzene rings is 1. The van der Waals surface area contributed by atoms with Crippen LogP contribution in [0.4, 0.5) is 10.6 Å². The summed E-state index contributed by atoms with van der Waals surface area (Å²) in [7, 11) is 1.59. The SMILES string of the molecule is CNC(=O)c1ccc(CNC(=O)NCCNc2ccccn2)cc1. The molecule has 1 aromatic heterocycles. The van der Waals surface area contributed by atoms with E-state index in [0.29, 0.717) is 25.2 Å². The Morgan fingerprint density at radius 1 is 1.00 bits per heavy atom. The van der Waals surface area contributed by atoms with E-state index in [4.69, 9.17) is 0 Å². The minimum Gasteiger partial charge on any atom is -0.368 e. The van der Waals surface area contributed by atoms with E-state index in [1.165, 1.54) is 0 Å². The molecule has 0 aliphatic carbocycles. The molecular formula is C17H21N5O2. The van der Waals surface area contributed by atoms with Crippen LogP contribution in [0.2, 0.25) is 0 Å². The van der Waals surface area contributed by atoms with E-state index in [1.54, 1.807) is 25.4 Å². The van der Waals surface area contributed by atoms with Crippen LogP contribution in [0, 0.1) is 0 Å². The number of nitrogens with zero attached hydrogens (tertiary/aromatic N) is 1. The molecule has 0 unspecified atom stereocenters. The summed E-state index contributed by atoms with van der Waals surface area (Å²) >= 11 is 0. The Morgan fingerprint density at radius 3 is 2.46 bits per heavy atom. The van der Waals surface area contributed by atoms with Gasteiger partial charge in [0.1, 0.15) is 5.82 Å². The largest absolute Gasteiger partial charge is 0.368 e. The molecular weight excluding hydrogens is 306 g/mol. The van der Waals surface area contributed by atoms with Crippen LogP contribution in [0.1, 0.15) is 15.9 Å². The van der Waals surface area contributed by atoms with Crippen LogP contribution in [0.5, 0.6) is 0 Å². The molecule has 0 radical (unpaired) electrons. The Bertz CT molecular complexity index is 658. The second-order valence-electron chi connectivity index (χ2n) is 5.03. The maximum absolute atomic E-state index is 11.7. The molecule has 0 saturated heterocycles. The molecule has 24 heavy (non-hydrogen) atoms. The zero-order valence-corrected chi connectivity index (χ0v) is 13.5. The van der Waals surface area contributed by atoms with Gasteiger partial charge < -0.3 is 21.3 Å². The average Bonchev–Trinajstić information content (AvgIpc) is 2.64. The first-order valence-corrected chi connectivity index (χ1v) is 7.66. The predicted octanol–water partition coefficient (Wildman–Crippen LogP) is 1.35. The molecule has 0 fully saturated rings. The van der Waals surface area contributed by atoms with Crippen molar-refractivity contribution in [3.63, 3.8) is 0 Å². The molecule has 0 atom stereocenters. The van der Waals surface area contributed by atoms with E-state index < -0.39 is 0 Å². The zero-order chi connectivity index (χ0) is 17.2. The van der Waals surface area contributed by atoms with Gasteiger partial charge in [0.25, 0.3) is 5.91 Å².